The number of hydrogen-bond acceptors (Lipinski definition) is 2. The molecule has 21 heavy (non-hydrogen) atoms. The summed E-state index contributed by atoms with van der Waals surface area (Å²) in [5.74, 6) is 0.437. The number of carbonyl (C=O) groups is 1. The van der Waals surface area contributed by atoms with Crippen LogP contribution in [-0.2, 0) is 4.79 Å². The highest BCUT2D eigenvalue weighted by Gasteiger charge is 2.15. The van der Waals surface area contributed by atoms with Crippen LogP contribution in [-0.4, -0.2) is 25.5 Å². The van der Waals surface area contributed by atoms with Crippen LogP contribution in [0.2, 0.25) is 0 Å². The van der Waals surface area contributed by atoms with Crippen molar-refractivity contribution < 1.29 is 9.18 Å². The highest BCUT2D eigenvalue weighted by molar-refractivity contribution is 5.81. The third-order valence-corrected chi connectivity index (χ3v) is 4.22. The van der Waals surface area contributed by atoms with E-state index in [1.807, 2.05) is 11.8 Å². The fourth-order valence-corrected chi connectivity index (χ4v) is 2.92. The molecule has 1 saturated carbocycles. The first-order valence-electron chi connectivity index (χ1n) is 7.96. The monoisotopic (exact) mass is 292 g/mol. The van der Waals surface area contributed by atoms with Crippen LogP contribution in [0.5, 0.6) is 0 Å². The Morgan fingerprint density at radius 3 is 2.52 bits per heavy atom. The summed E-state index contributed by atoms with van der Waals surface area (Å²) in [6.45, 7) is 3.84. The zero-order chi connectivity index (χ0) is 15.1. The molecule has 116 valence electrons. The SMILES string of the molecule is CCN(CC(=O)NCC1CCCCC1)c1ccc(F)cc1. The van der Waals surface area contributed by atoms with Gasteiger partial charge < -0.3 is 10.2 Å². The molecular weight excluding hydrogens is 267 g/mol. The molecule has 0 unspecified atom stereocenters. The quantitative estimate of drug-likeness (QED) is 0.872. The lowest BCUT2D eigenvalue weighted by Gasteiger charge is -2.25. The van der Waals surface area contributed by atoms with Gasteiger partial charge in [0.2, 0.25) is 5.91 Å². The number of hydrogen-bond donors (Lipinski definition) is 1. The predicted octanol–water partition coefficient (Wildman–Crippen LogP) is 3.35. The largest absolute Gasteiger partial charge is 0.362 e. The Hall–Kier alpha value is -1.58. The lowest BCUT2D eigenvalue weighted by Crippen LogP contribution is -2.39. The summed E-state index contributed by atoms with van der Waals surface area (Å²) >= 11 is 0. The third kappa shape index (κ3) is 5.03. The molecule has 0 heterocycles. The molecule has 1 aromatic carbocycles. The number of rotatable bonds is 6. The lowest BCUT2D eigenvalue weighted by molar-refractivity contribution is -0.120. The van der Waals surface area contributed by atoms with Gasteiger partial charge in [0.15, 0.2) is 0 Å². The van der Waals surface area contributed by atoms with Gasteiger partial charge in [0.1, 0.15) is 5.82 Å². The number of likely N-dealkylation sites (N-methyl/N-ethyl adjacent to an activating group) is 1. The molecule has 2 rings (SSSR count). The standard InChI is InChI=1S/C17H25FN2O/c1-2-20(16-10-8-15(18)9-11-16)13-17(21)19-12-14-6-4-3-5-7-14/h8-11,14H,2-7,12-13H2,1H3,(H,19,21). The van der Waals surface area contributed by atoms with Crippen molar-refractivity contribution in [2.24, 2.45) is 5.92 Å². The van der Waals surface area contributed by atoms with E-state index in [1.165, 1.54) is 44.2 Å². The smallest absolute Gasteiger partial charge is 0.239 e. The fourth-order valence-electron chi connectivity index (χ4n) is 2.92. The Morgan fingerprint density at radius 1 is 1.24 bits per heavy atom. The normalized spacial score (nSPS) is 15.7. The predicted molar refractivity (Wildman–Crippen MR) is 83.9 cm³/mol. The Kier molecular flexibility index (Phi) is 6.03. The fraction of sp³-hybridized carbons (Fsp3) is 0.588. The molecule has 0 radical (unpaired) electrons. The molecule has 0 aromatic heterocycles. The highest BCUT2D eigenvalue weighted by Crippen LogP contribution is 2.22. The Labute approximate surface area is 126 Å². The molecule has 1 amide bonds. The number of nitrogens with zero attached hydrogens (tertiary/aromatic N) is 1. The molecule has 1 aromatic rings. The summed E-state index contributed by atoms with van der Waals surface area (Å²) in [5, 5.41) is 3.04. The minimum absolute atomic E-state index is 0.0479. The number of carbonyl (C=O) groups excluding carboxylic acids is 1. The number of nitrogens with one attached hydrogen (secondary N) is 1. The van der Waals surface area contributed by atoms with E-state index in [2.05, 4.69) is 5.32 Å². The van der Waals surface area contributed by atoms with Gasteiger partial charge in [-0.25, -0.2) is 4.39 Å². The average molecular weight is 292 g/mol. The van der Waals surface area contributed by atoms with Crippen molar-refractivity contribution in [3.05, 3.63) is 30.1 Å². The molecule has 1 aliphatic rings. The van der Waals surface area contributed by atoms with Gasteiger partial charge in [-0.3, -0.25) is 4.79 Å². The molecule has 0 bridgehead atoms. The average Bonchev–Trinajstić information content (AvgIpc) is 2.52. The second-order valence-electron chi connectivity index (χ2n) is 5.80. The Balaban J connectivity index is 1.80. The second kappa shape index (κ2) is 8.01. The van der Waals surface area contributed by atoms with Gasteiger partial charge in [-0.05, 0) is 49.9 Å². The summed E-state index contributed by atoms with van der Waals surface area (Å²) in [6, 6.07) is 6.29. The van der Waals surface area contributed by atoms with Crippen LogP contribution in [0.25, 0.3) is 0 Å². The number of amides is 1. The molecule has 4 heteroatoms. The first-order chi connectivity index (χ1) is 10.2. The maximum absolute atomic E-state index is 12.9. The van der Waals surface area contributed by atoms with Crippen molar-refractivity contribution in [2.75, 3.05) is 24.5 Å². The Morgan fingerprint density at radius 2 is 1.90 bits per heavy atom. The molecule has 0 saturated heterocycles. The minimum atomic E-state index is -0.253. The van der Waals surface area contributed by atoms with Crippen LogP contribution in [0.15, 0.2) is 24.3 Å². The summed E-state index contributed by atoms with van der Waals surface area (Å²) in [7, 11) is 0. The lowest BCUT2D eigenvalue weighted by atomic mass is 9.89. The third-order valence-electron chi connectivity index (χ3n) is 4.22. The van der Waals surface area contributed by atoms with E-state index < -0.39 is 0 Å². The van der Waals surface area contributed by atoms with E-state index in [9.17, 15) is 9.18 Å². The summed E-state index contributed by atoms with van der Waals surface area (Å²) in [6.07, 6.45) is 6.37. The van der Waals surface area contributed by atoms with Crippen molar-refractivity contribution in [1.29, 1.82) is 0 Å². The molecule has 3 nitrogen and oxygen atoms in total. The van der Waals surface area contributed by atoms with Crippen LogP contribution in [0.3, 0.4) is 0 Å². The minimum Gasteiger partial charge on any atom is -0.362 e. The molecule has 0 atom stereocenters. The summed E-state index contributed by atoms with van der Waals surface area (Å²) < 4.78 is 12.9. The molecule has 0 spiro atoms. The first-order valence-corrected chi connectivity index (χ1v) is 7.96. The summed E-state index contributed by atoms with van der Waals surface area (Å²) in [5.41, 5.74) is 0.881. The van der Waals surface area contributed by atoms with E-state index >= 15 is 0 Å². The zero-order valence-corrected chi connectivity index (χ0v) is 12.8. The summed E-state index contributed by atoms with van der Waals surface area (Å²) in [4.78, 5) is 14.0. The zero-order valence-electron chi connectivity index (χ0n) is 12.8. The van der Waals surface area contributed by atoms with E-state index in [0.29, 0.717) is 12.5 Å². The van der Waals surface area contributed by atoms with Crippen molar-refractivity contribution in [2.45, 2.75) is 39.0 Å². The van der Waals surface area contributed by atoms with Crippen LogP contribution >= 0.6 is 0 Å². The maximum atomic E-state index is 12.9. The van der Waals surface area contributed by atoms with E-state index in [4.69, 9.17) is 0 Å². The topological polar surface area (TPSA) is 32.3 Å². The molecular formula is C17H25FN2O. The van der Waals surface area contributed by atoms with Crippen molar-refractivity contribution >= 4 is 11.6 Å². The van der Waals surface area contributed by atoms with Crippen LogP contribution in [0, 0.1) is 11.7 Å². The van der Waals surface area contributed by atoms with Gasteiger partial charge in [0.25, 0.3) is 0 Å². The van der Waals surface area contributed by atoms with Crippen LogP contribution in [0.1, 0.15) is 39.0 Å². The second-order valence-corrected chi connectivity index (χ2v) is 5.80. The highest BCUT2D eigenvalue weighted by atomic mass is 19.1. The van der Waals surface area contributed by atoms with E-state index in [-0.39, 0.29) is 11.7 Å². The van der Waals surface area contributed by atoms with Crippen LogP contribution in [0.4, 0.5) is 10.1 Å². The van der Waals surface area contributed by atoms with Gasteiger partial charge in [-0.1, -0.05) is 19.3 Å². The maximum Gasteiger partial charge on any atom is 0.239 e. The van der Waals surface area contributed by atoms with Crippen molar-refractivity contribution in [1.82, 2.24) is 5.32 Å². The van der Waals surface area contributed by atoms with Crippen LogP contribution < -0.4 is 10.2 Å². The molecule has 1 fully saturated rings. The molecule has 1 N–H and O–H groups in total. The van der Waals surface area contributed by atoms with Gasteiger partial charge >= 0.3 is 0 Å². The van der Waals surface area contributed by atoms with Crippen molar-refractivity contribution in [3.8, 4) is 0 Å². The Bertz CT molecular complexity index is 441. The number of halogens is 1. The van der Waals surface area contributed by atoms with Gasteiger partial charge in [0, 0.05) is 18.8 Å². The number of anilines is 1. The van der Waals surface area contributed by atoms with Gasteiger partial charge in [-0.2, -0.15) is 0 Å². The number of benzene rings is 1. The molecule has 0 aliphatic heterocycles. The van der Waals surface area contributed by atoms with Gasteiger partial charge in [-0.15, -0.1) is 0 Å². The van der Waals surface area contributed by atoms with Crippen molar-refractivity contribution in [3.63, 3.8) is 0 Å². The van der Waals surface area contributed by atoms with Gasteiger partial charge in [0.05, 0.1) is 6.54 Å². The molecule has 1 aliphatic carbocycles. The van der Waals surface area contributed by atoms with E-state index in [1.54, 1.807) is 12.1 Å². The first kappa shape index (κ1) is 15.8. The van der Waals surface area contributed by atoms with E-state index in [0.717, 1.165) is 18.8 Å².